The number of hydrogen-bond donors (Lipinski definition) is 1. The fourth-order valence-corrected chi connectivity index (χ4v) is 10.8. The summed E-state index contributed by atoms with van der Waals surface area (Å²) in [7, 11) is 3.01. The topological polar surface area (TPSA) is 224 Å². The van der Waals surface area contributed by atoms with E-state index in [1.807, 2.05) is 18.2 Å². The van der Waals surface area contributed by atoms with Crippen LogP contribution in [0.2, 0.25) is 10.0 Å². The molecular weight excluding hydrogens is 1260 g/mol. The van der Waals surface area contributed by atoms with Gasteiger partial charge in [-0.15, -0.1) is 26.3 Å². The number of aryl methyl sites for hydroxylation is 2. The molecule has 5 heterocycles. The van der Waals surface area contributed by atoms with Crippen LogP contribution in [0.5, 0.6) is 35.0 Å². The molecule has 0 bridgehead atoms. The molecule has 476 valence electrons. The van der Waals surface area contributed by atoms with Crippen LogP contribution in [0.15, 0.2) is 147 Å². The molecule has 2 saturated carbocycles. The number of carbonyl (C=O) groups excluding carboxylic acids is 2. The van der Waals surface area contributed by atoms with Gasteiger partial charge in [0.15, 0.2) is 39.7 Å². The summed E-state index contributed by atoms with van der Waals surface area (Å²) in [6, 6.07) is 32.9. The Kier molecular flexibility index (Phi) is 24.1. The predicted molar refractivity (Wildman–Crippen MR) is 323 cm³/mol. The number of nitrogens with zero attached hydrogens (tertiary/aromatic N) is 8. The summed E-state index contributed by atoms with van der Waals surface area (Å²) in [6.07, 6.45) is -3.79. The number of aliphatic hydroxyl groups excluding tert-OH is 1. The largest absolute Gasteiger partial charge is 1.00 e. The Morgan fingerprint density at radius 1 is 0.582 bits per heavy atom. The second kappa shape index (κ2) is 31.0. The van der Waals surface area contributed by atoms with Gasteiger partial charge < -0.3 is 30.2 Å². The number of hydrogen-bond acceptors (Lipinski definition) is 14. The summed E-state index contributed by atoms with van der Waals surface area (Å²) in [5, 5.41) is 10.4. The molecule has 3 fully saturated rings. The molecule has 9 aromatic rings. The molecule has 20 nitrogen and oxygen atoms in total. The predicted octanol–water partition coefficient (Wildman–Crippen LogP) is 6.86. The Hall–Kier alpha value is -7.81. The number of rotatable bonds is 15. The van der Waals surface area contributed by atoms with Gasteiger partial charge in [-0.3, -0.25) is 37.0 Å². The minimum Gasteiger partial charge on any atom is -1.00 e. The van der Waals surface area contributed by atoms with Crippen LogP contribution in [0.3, 0.4) is 0 Å². The zero-order valence-electron chi connectivity index (χ0n) is 49.5. The van der Waals surface area contributed by atoms with Crippen molar-refractivity contribution in [3.63, 3.8) is 0 Å². The van der Waals surface area contributed by atoms with Gasteiger partial charge in [0.1, 0.15) is 23.0 Å². The molecule has 0 radical (unpaired) electrons. The third-order valence-electron chi connectivity index (χ3n) is 14.9. The number of benzene rings is 5. The molecule has 4 aromatic heterocycles. The minimum atomic E-state index is -4.89. The Balaban J connectivity index is 0.000000255. The van der Waals surface area contributed by atoms with Crippen LogP contribution in [0.1, 0.15) is 68.7 Å². The molecule has 0 atom stereocenters. The zero-order valence-corrected chi connectivity index (χ0v) is 50.0. The third-order valence-corrected chi connectivity index (χ3v) is 15.4. The van der Waals surface area contributed by atoms with E-state index in [2.05, 4.69) is 31.6 Å². The molecule has 0 spiro atoms. The van der Waals surface area contributed by atoms with E-state index in [0.717, 1.165) is 59.6 Å². The van der Waals surface area contributed by atoms with Crippen molar-refractivity contribution in [3.8, 4) is 35.0 Å². The Morgan fingerprint density at radius 2 is 0.967 bits per heavy atom. The van der Waals surface area contributed by atoms with E-state index in [1.165, 1.54) is 79.6 Å². The Labute approximate surface area is 547 Å². The molecule has 30 heteroatoms. The number of halogens is 8. The van der Waals surface area contributed by atoms with E-state index in [9.17, 15) is 50.6 Å². The van der Waals surface area contributed by atoms with Crippen molar-refractivity contribution in [2.75, 3.05) is 19.8 Å². The number of fused-ring (bicyclic) bond motifs is 2. The SMILES string of the molecule is C1CCOC1.Cn1c(=O)n(C2CC(CO)C2)c(=O)c2c1nc(Oc1cccc(OC(F)(F)F)c1)n2Cc1ccc(Cl)cc1.Cn1c(=O)n(C2CC(Cc3ccccc3)C2)c(=O)c2c1nc(Oc1cccc(OC(F)(F)F)c1)n2Cc1ccc(Cl)cc1.O=C=O.[AlH3].[H-].[Li+]. The van der Waals surface area contributed by atoms with Crippen LogP contribution in [0, 0.1) is 11.8 Å². The number of aromatic nitrogens is 8. The van der Waals surface area contributed by atoms with Gasteiger partial charge in [-0.05, 0) is 122 Å². The van der Waals surface area contributed by atoms with Crippen LogP contribution in [0.25, 0.3) is 22.3 Å². The van der Waals surface area contributed by atoms with E-state index in [0.29, 0.717) is 41.6 Å². The fourth-order valence-electron chi connectivity index (χ4n) is 10.6. The summed E-state index contributed by atoms with van der Waals surface area (Å²) in [5.41, 5.74) is 0.935. The van der Waals surface area contributed by atoms with Gasteiger partial charge in [-0.25, -0.2) is 9.59 Å². The van der Waals surface area contributed by atoms with E-state index in [-0.39, 0.29) is 127 Å². The maximum absolute atomic E-state index is 14.0. The van der Waals surface area contributed by atoms with Crippen LogP contribution in [-0.4, -0.2) is 98.5 Å². The smallest absolute Gasteiger partial charge is 1.00 e. The summed E-state index contributed by atoms with van der Waals surface area (Å²) >= 11 is 12.1. The van der Waals surface area contributed by atoms with Crippen molar-refractivity contribution in [2.45, 2.75) is 82.8 Å². The standard InChI is InChI=1S/C31H26ClF3N4O4.C25H22ClF3N4O5.C4H8O.CO2.Al.Li.4H/c1-37-27-26(28(40)39(30(37)41)23-15-21(16-23)14-19-6-3-2-4-7-19)38(18-20-10-12-22(32)13-11-20)29(36-27)42-24-8-5-9-25(17-24)43-31(33,34)35;1-31-21-20(22(35)33(24(31)36)17-9-15(10-17)13-34)32(12-14-5-7-16(26)8-6-14)23(30-21)37-18-3-2-4-19(11-18)38-25(27,28)29;1-2-4-5-3-1;2-1-3;;;;;;/h2-13,17,21,23H,14-16,18H2,1H3;2-8,11,15,17,34H,9-10,12-13H2,1H3;1-4H2;;;;;;;/q;;;;;+1;;;;-1. The second-order valence-corrected chi connectivity index (χ2v) is 22.0. The van der Waals surface area contributed by atoms with Gasteiger partial charge in [-0.2, -0.15) is 19.6 Å². The number of alkyl halides is 6. The van der Waals surface area contributed by atoms with E-state index in [1.54, 1.807) is 48.5 Å². The van der Waals surface area contributed by atoms with Gasteiger partial charge in [0.25, 0.3) is 11.1 Å². The molecule has 0 unspecified atom stereocenters. The number of imidazole rings is 2. The monoisotopic (exact) mass is 1310 g/mol. The zero-order chi connectivity index (χ0) is 63.7. The van der Waals surface area contributed by atoms with Crippen LogP contribution < -0.4 is 60.3 Å². The molecule has 0 amide bonds. The van der Waals surface area contributed by atoms with Crippen LogP contribution in [-0.2, 0) is 47.9 Å². The number of ether oxygens (including phenoxy) is 5. The fraction of sp³-hybridized carbons (Fsp3) is 0.328. The Bertz CT molecular complexity index is 4240. The molecule has 1 N–H and O–H groups in total. The van der Waals surface area contributed by atoms with Gasteiger partial charge in [0, 0.05) is 68.2 Å². The van der Waals surface area contributed by atoms with Crippen LogP contribution >= 0.6 is 23.2 Å². The minimum absolute atomic E-state index is 0. The summed E-state index contributed by atoms with van der Waals surface area (Å²) in [4.78, 5) is 79.4. The first-order chi connectivity index (χ1) is 42.5. The quantitative estimate of drug-likeness (QED) is 0.0818. The van der Waals surface area contributed by atoms with Crippen LogP contribution in [0.4, 0.5) is 26.3 Å². The van der Waals surface area contributed by atoms with E-state index in [4.69, 9.17) is 47.0 Å². The van der Waals surface area contributed by atoms with Crippen molar-refractivity contribution >= 4 is 69.0 Å². The first-order valence-corrected chi connectivity index (χ1v) is 28.5. The summed E-state index contributed by atoms with van der Waals surface area (Å²) in [5.74, 6) is -0.638. The first kappa shape index (κ1) is 70.6. The molecular formula is C61H60AlCl2F6LiN8O12. The molecule has 2 aliphatic carbocycles. The maximum Gasteiger partial charge on any atom is 1.00 e. The third kappa shape index (κ3) is 17.6. The molecule has 5 aromatic carbocycles. The van der Waals surface area contributed by atoms with E-state index < -0.39 is 46.7 Å². The molecule has 12 rings (SSSR count). The van der Waals surface area contributed by atoms with E-state index >= 15 is 0 Å². The van der Waals surface area contributed by atoms with Crippen molar-refractivity contribution in [1.29, 1.82) is 0 Å². The average molecular weight is 1320 g/mol. The second-order valence-electron chi connectivity index (χ2n) is 21.1. The Morgan fingerprint density at radius 3 is 1.33 bits per heavy atom. The van der Waals surface area contributed by atoms with Gasteiger partial charge in [0.2, 0.25) is 0 Å². The maximum atomic E-state index is 14.0. The number of aliphatic hydroxyl groups is 1. The van der Waals surface area contributed by atoms with Gasteiger partial charge in [0.05, 0.1) is 13.1 Å². The van der Waals surface area contributed by atoms with Gasteiger partial charge in [-0.1, -0.05) is 89.9 Å². The normalized spacial score (nSPS) is 16.6. The van der Waals surface area contributed by atoms with Crippen molar-refractivity contribution in [2.24, 2.45) is 25.9 Å². The average Bonchev–Trinajstić information content (AvgIpc) is 1.52. The van der Waals surface area contributed by atoms with Gasteiger partial charge >= 0.3 is 61.1 Å². The summed E-state index contributed by atoms with van der Waals surface area (Å²) in [6.45, 7) is 2.19. The summed E-state index contributed by atoms with van der Waals surface area (Å²) < 4.78 is 109. The molecule has 91 heavy (non-hydrogen) atoms. The molecule has 3 aliphatic rings. The first-order valence-electron chi connectivity index (χ1n) is 27.7. The van der Waals surface area contributed by atoms with Crippen molar-refractivity contribution < 1.29 is 85.0 Å². The molecule has 1 saturated heterocycles. The molecule has 1 aliphatic heterocycles. The van der Waals surface area contributed by atoms with Crippen molar-refractivity contribution in [3.05, 3.63) is 196 Å². The van der Waals surface area contributed by atoms with Crippen molar-refractivity contribution in [1.82, 2.24) is 37.4 Å².